The van der Waals surface area contributed by atoms with Gasteiger partial charge in [-0.3, -0.25) is 4.99 Å². The Kier molecular flexibility index (Phi) is 4.81. The highest BCUT2D eigenvalue weighted by Crippen LogP contribution is 2.40. The molecule has 1 aliphatic carbocycles. The van der Waals surface area contributed by atoms with E-state index in [0.29, 0.717) is 12.5 Å². The number of fused-ring (bicyclic) bond motifs is 2. The van der Waals surface area contributed by atoms with Gasteiger partial charge in [0.25, 0.3) is 0 Å². The van der Waals surface area contributed by atoms with Gasteiger partial charge in [-0.15, -0.1) is 0 Å². The Morgan fingerprint density at radius 2 is 2.17 bits per heavy atom. The minimum absolute atomic E-state index is 0.212. The predicted octanol–water partition coefficient (Wildman–Crippen LogP) is 6.17. The van der Waals surface area contributed by atoms with Gasteiger partial charge in [-0.1, -0.05) is 13.5 Å². The lowest BCUT2D eigenvalue weighted by Crippen LogP contribution is -2.18. The van der Waals surface area contributed by atoms with Crippen molar-refractivity contribution in [3.8, 4) is 5.75 Å². The average molecular weight is 404 g/mol. The molecule has 1 aromatic heterocycles. The maximum absolute atomic E-state index is 13.8. The Labute approximate surface area is 176 Å². The van der Waals surface area contributed by atoms with Crippen molar-refractivity contribution in [1.82, 2.24) is 4.57 Å². The molecule has 0 saturated heterocycles. The molecule has 0 spiro atoms. The zero-order valence-electron chi connectivity index (χ0n) is 17.2. The first-order chi connectivity index (χ1) is 14.6. The van der Waals surface area contributed by atoms with E-state index >= 15 is 0 Å². The monoisotopic (exact) mass is 403 g/mol. The van der Waals surface area contributed by atoms with E-state index in [2.05, 4.69) is 29.5 Å². The van der Waals surface area contributed by atoms with E-state index in [1.165, 1.54) is 18.9 Å². The fourth-order valence-corrected chi connectivity index (χ4v) is 4.01. The summed E-state index contributed by atoms with van der Waals surface area (Å²) in [5.74, 6) is 1.31. The van der Waals surface area contributed by atoms with Gasteiger partial charge in [0.15, 0.2) is 0 Å². The molecular weight excluding hydrogens is 377 g/mol. The summed E-state index contributed by atoms with van der Waals surface area (Å²) in [6, 6.07) is 11.1. The van der Waals surface area contributed by atoms with Crippen LogP contribution in [0.1, 0.15) is 37.4 Å². The minimum Gasteiger partial charge on any atom is -0.489 e. The van der Waals surface area contributed by atoms with Crippen molar-refractivity contribution >= 4 is 34.1 Å². The van der Waals surface area contributed by atoms with Crippen LogP contribution in [0.15, 0.2) is 48.0 Å². The Morgan fingerprint density at radius 3 is 2.97 bits per heavy atom. The molecule has 1 fully saturated rings. The molecule has 154 valence electrons. The van der Waals surface area contributed by atoms with E-state index in [1.54, 1.807) is 6.07 Å². The van der Waals surface area contributed by atoms with Crippen LogP contribution in [0.5, 0.6) is 5.75 Å². The molecule has 3 aromatic rings. The summed E-state index contributed by atoms with van der Waals surface area (Å²) in [6.07, 6.45) is 5.28. The van der Waals surface area contributed by atoms with Gasteiger partial charge in [0.1, 0.15) is 23.9 Å². The standard InChI is InChI=1S/C25H26FN3O/c1-3-16(2)18-12-22(25-24(13-18)30-9-8-27-25)28-14-21-11-19-10-20(26)6-7-23(19)29(21)15-17-4-5-17/h6-7,10-14,17,27H,2-5,8-9,15H2,1H3/b28-14+. The maximum Gasteiger partial charge on any atom is 0.145 e. The summed E-state index contributed by atoms with van der Waals surface area (Å²) in [7, 11) is 0. The van der Waals surface area contributed by atoms with Crippen LogP contribution in [0.4, 0.5) is 15.8 Å². The van der Waals surface area contributed by atoms with Gasteiger partial charge in [0, 0.05) is 24.0 Å². The second-order valence-electron chi connectivity index (χ2n) is 8.19. The second-order valence-corrected chi connectivity index (χ2v) is 8.19. The maximum atomic E-state index is 13.8. The van der Waals surface area contributed by atoms with Crippen LogP contribution in [0, 0.1) is 11.7 Å². The quantitative estimate of drug-likeness (QED) is 0.500. The molecule has 0 radical (unpaired) electrons. The van der Waals surface area contributed by atoms with Gasteiger partial charge in [0.05, 0.1) is 17.6 Å². The Balaban J connectivity index is 1.58. The highest BCUT2D eigenvalue weighted by molar-refractivity contribution is 5.93. The number of aromatic nitrogens is 1. The lowest BCUT2D eigenvalue weighted by Gasteiger charge is -2.22. The van der Waals surface area contributed by atoms with Gasteiger partial charge in [0.2, 0.25) is 0 Å². The molecule has 2 aliphatic rings. The molecule has 4 nitrogen and oxygen atoms in total. The van der Waals surface area contributed by atoms with Gasteiger partial charge >= 0.3 is 0 Å². The van der Waals surface area contributed by atoms with Crippen LogP contribution in [-0.4, -0.2) is 23.9 Å². The number of ether oxygens (including phenoxy) is 1. The normalized spacial score (nSPS) is 15.8. The third kappa shape index (κ3) is 3.60. The molecule has 5 rings (SSSR count). The van der Waals surface area contributed by atoms with Crippen molar-refractivity contribution in [2.75, 3.05) is 18.5 Å². The molecule has 0 atom stereocenters. The van der Waals surface area contributed by atoms with Crippen molar-refractivity contribution in [3.05, 3.63) is 60.1 Å². The first-order valence-electron chi connectivity index (χ1n) is 10.7. The predicted molar refractivity (Wildman–Crippen MR) is 122 cm³/mol. The van der Waals surface area contributed by atoms with Crippen molar-refractivity contribution in [1.29, 1.82) is 0 Å². The number of hydrogen-bond acceptors (Lipinski definition) is 3. The van der Waals surface area contributed by atoms with Crippen molar-refractivity contribution in [2.24, 2.45) is 10.9 Å². The van der Waals surface area contributed by atoms with Crippen molar-refractivity contribution in [3.63, 3.8) is 0 Å². The van der Waals surface area contributed by atoms with Crippen molar-refractivity contribution < 1.29 is 9.13 Å². The average Bonchev–Trinajstić information content (AvgIpc) is 3.52. The molecule has 0 unspecified atom stereocenters. The topological polar surface area (TPSA) is 38.5 Å². The van der Waals surface area contributed by atoms with E-state index < -0.39 is 0 Å². The molecular formula is C25H26FN3O. The second kappa shape index (κ2) is 7.63. The minimum atomic E-state index is -0.212. The van der Waals surface area contributed by atoms with Crippen LogP contribution in [0.25, 0.3) is 16.5 Å². The van der Waals surface area contributed by atoms with E-state index in [4.69, 9.17) is 9.73 Å². The molecule has 1 N–H and O–H groups in total. The summed E-state index contributed by atoms with van der Waals surface area (Å²) in [6.45, 7) is 8.61. The summed E-state index contributed by atoms with van der Waals surface area (Å²) in [5.41, 5.74) is 5.91. The molecule has 1 saturated carbocycles. The first-order valence-corrected chi connectivity index (χ1v) is 10.7. The van der Waals surface area contributed by atoms with Crippen LogP contribution < -0.4 is 10.1 Å². The van der Waals surface area contributed by atoms with Gasteiger partial charge < -0.3 is 14.6 Å². The summed E-state index contributed by atoms with van der Waals surface area (Å²) in [5, 5.41) is 4.33. The number of halogens is 1. The van der Waals surface area contributed by atoms with Crippen molar-refractivity contribution in [2.45, 2.75) is 32.7 Å². The number of rotatable bonds is 6. The van der Waals surface area contributed by atoms with Crippen LogP contribution in [0.2, 0.25) is 0 Å². The number of hydrogen-bond donors (Lipinski definition) is 1. The van der Waals surface area contributed by atoms with Crippen LogP contribution in [-0.2, 0) is 6.54 Å². The number of benzene rings is 2. The Bertz CT molecular complexity index is 1160. The van der Waals surface area contributed by atoms with Crippen LogP contribution >= 0.6 is 0 Å². The smallest absolute Gasteiger partial charge is 0.145 e. The molecule has 5 heteroatoms. The molecule has 2 aromatic carbocycles. The number of allylic oxidation sites excluding steroid dienone is 1. The first kappa shape index (κ1) is 18.9. The van der Waals surface area contributed by atoms with E-state index in [-0.39, 0.29) is 5.82 Å². The third-order valence-corrected chi connectivity index (χ3v) is 5.95. The van der Waals surface area contributed by atoms with Gasteiger partial charge in [-0.2, -0.15) is 0 Å². The number of nitrogens with zero attached hydrogens (tertiary/aromatic N) is 2. The van der Waals surface area contributed by atoms with E-state index in [0.717, 1.165) is 64.4 Å². The molecule has 0 amide bonds. The number of anilines is 1. The fourth-order valence-electron chi connectivity index (χ4n) is 4.01. The zero-order chi connectivity index (χ0) is 20.7. The molecule has 0 bridgehead atoms. The lowest BCUT2D eigenvalue weighted by molar-refractivity contribution is 0.323. The SMILES string of the molecule is C=C(CC)c1cc(/N=C/c2cc3cc(F)ccc3n2CC2CC2)c2c(c1)OCCN2. The summed E-state index contributed by atoms with van der Waals surface area (Å²) < 4.78 is 21.9. The zero-order valence-corrected chi connectivity index (χ0v) is 17.2. The lowest BCUT2D eigenvalue weighted by atomic mass is 10.0. The Morgan fingerprint density at radius 1 is 1.30 bits per heavy atom. The summed E-state index contributed by atoms with van der Waals surface area (Å²) in [4.78, 5) is 4.85. The third-order valence-electron chi connectivity index (χ3n) is 5.95. The Hall–Kier alpha value is -3.08. The van der Waals surface area contributed by atoms with Gasteiger partial charge in [-0.05, 0) is 72.7 Å². The van der Waals surface area contributed by atoms with Crippen LogP contribution in [0.3, 0.4) is 0 Å². The molecule has 2 heterocycles. The summed E-state index contributed by atoms with van der Waals surface area (Å²) >= 11 is 0. The fraction of sp³-hybridized carbons (Fsp3) is 0.320. The van der Waals surface area contributed by atoms with Gasteiger partial charge in [-0.25, -0.2) is 4.39 Å². The van der Waals surface area contributed by atoms with E-state index in [1.807, 2.05) is 24.4 Å². The largest absolute Gasteiger partial charge is 0.489 e. The number of nitrogens with one attached hydrogen (secondary N) is 1. The van der Waals surface area contributed by atoms with E-state index in [9.17, 15) is 4.39 Å². The highest BCUT2D eigenvalue weighted by atomic mass is 19.1. The molecule has 30 heavy (non-hydrogen) atoms. The molecule has 1 aliphatic heterocycles. The highest BCUT2D eigenvalue weighted by Gasteiger charge is 2.23. The number of aliphatic imine (C=N–C) groups is 1.